The summed E-state index contributed by atoms with van der Waals surface area (Å²) in [6.45, 7) is 2.90. The molecule has 136 valence electrons. The van der Waals surface area contributed by atoms with Crippen LogP contribution in [0.1, 0.15) is 24.8 Å². The van der Waals surface area contributed by atoms with E-state index >= 15 is 0 Å². The molecule has 3 heteroatoms. The van der Waals surface area contributed by atoms with E-state index in [-0.39, 0.29) is 6.29 Å². The van der Waals surface area contributed by atoms with E-state index in [1.807, 2.05) is 0 Å². The van der Waals surface area contributed by atoms with Gasteiger partial charge in [-0.3, -0.25) is 0 Å². The number of nitrogens with zero attached hydrogens (tertiary/aromatic N) is 1. The predicted molar refractivity (Wildman–Crippen MR) is 110 cm³/mol. The monoisotopic (exact) mass is 357 g/mol. The molecule has 5 rings (SSSR count). The van der Waals surface area contributed by atoms with E-state index in [2.05, 4.69) is 78.2 Å². The summed E-state index contributed by atoms with van der Waals surface area (Å²) in [7, 11) is 0. The van der Waals surface area contributed by atoms with Crippen LogP contribution in [0.5, 0.6) is 5.75 Å². The third-order valence-corrected chi connectivity index (χ3v) is 5.33. The fourth-order valence-corrected chi connectivity index (χ4v) is 4.03. The van der Waals surface area contributed by atoms with Gasteiger partial charge in [0.1, 0.15) is 5.75 Å². The first-order valence-electron chi connectivity index (χ1n) is 9.69. The lowest BCUT2D eigenvalue weighted by atomic mass is 10.2. The van der Waals surface area contributed by atoms with E-state index in [1.165, 1.54) is 27.4 Å². The molecule has 1 aliphatic rings. The lowest BCUT2D eigenvalue weighted by Gasteiger charge is -2.25. The standard InChI is InChI=1S/C24H23NO2/c1-17-13-14-23(27-24-12-6-7-15-26-24)22(16-17)25-20-10-4-2-8-18(20)19-9-3-5-11-21(19)25/h2-5,8-11,13-14,16,24H,6-7,12,15H2,1H3. The Morgan fingerprint density at radius 1 is 0.889 bits per heavy atom. The van der Waals surface area contributed by atoms with E-state index < -0.39 is 0 Å². The van der Waals surface area contributed by atoms with Crippen LogP contribution in [0.15, 0.2) is 66.7 Å². The number of aryl methyl sites for hydroxylation is 1. The molecule has 0 bridgehead atoms. The Bertz CT molecular complexity index is 1050. The minimum Gasteiger partial charge on any atom is -0.463 e. The molecule has 0 spiro atoms. The van der Waals surface area contributed by atoms with Gasteiger partial charge in [-0.25, -0.2) is 0 Å². The highest BCUT2D eigenvalue weighted by Gasteiger charge is 2.20. The van der Waals surface area contributed by atoms with Gasteiger partial charge in [0, 0.05) is 17.2 Å². The van der Waals surface area contributed by atoms with Gasteiger partial charge in [0.2, 0.25) is 0 Å². The van der Waals surface area contributed by atoms with E-state index in [1.54, 1.807) is 0 Å². The number of hydrogen-bond donors (Lipinski definition) is 0. The first kappa shape index (κ1) is 16.4. The molecule has 0 amide bonds. The van der Waals surface area contributed by atoms with Crippen molar-refractivity contribution in [1.82, 2.24) is 4.57 Å². The van der Waals surface area contributed by atoms with Crippen LogP contribution in [0.3, 0.4) is 0 Å². The zero-order valence-corrected chi connectivity index (χ0v) is 15.5. The number of aromatic nitrogens is 1. The van der Waals surface area contributed by atoms with Crippen molar-refractivity contribution in [3.63, 3.8) is 0 Å². The summed E-state index contributed by atoms with van der Waals surface area (Å²) < 4.78 is 14.5. The fraction of sp³-hybridized carbons (Fsp3) is 0.250. The van der Waals surface area contributed by atoms with Crippen molar-refractivity contribution < 1.29 is 9.47 Å². The molecule has 1 fully saturated rings. The molecule has 0 radical (unpaired) electrons. The molecule has 0 saturated carbocycles. The second-order valence-electron chi connectivity index (χ2n) is 7.25. The van der Waals surface area contributed by atoms with Gasteiger partial charge in [-0.15, -0.1) is 0 Å². The Kier molecular flexibility index (Phi) is 4.10. The van der Waals surface area contributed by atoms with Crippen LogP contribution in [-0.2, 0) is 4.74 Å². The topological polar surface area (TPSA) is 23.4 Å². The largest absolute Gasteiger partial charge is 0.463 e. The Hall–Kier alpha value is -2.78. The Morgan fingerprint density at radius 3 is 2.26 bits per heavy atom. The fourth-order valence-electron chi connectivity index (χ4n) is 4.03. The summed E-state index contributed by atoms with van der Waals surface area (Å²) in [5.41, 5.74) is 4.67. The molecule has 27 heavy (non-hydrogen) atoms. The number of para-hydroxylation sites is 2. The molecule has 4 aromatic rings. The molecular formula is C24H23NO2. The zero-order chi connectivity index (χ0) is 18.2. The van der Waals surface area contributed by atoms with Crippen molar-refractivity contribution in [3.05, 3.63) is 72.3 Å². The van der Waals surface area contributed by atoms with Crippen molar-refractivity contribution >= 4 is 21.8 Å². The second-order valence-corrected chi connectivity index (χ2v) is 7.25. The number of rotatable bonds is 3. The summed E-state index contributed by atoms with van der Waals surface area (Å²) in [5.74, 6) is 0.874. The number of hydrogen-bond acceptors (Lipinski definition) is 2. The van der Waals surface area contributed by atoms with Crippen LogP contribution in [0.2, 0.25) is 0 Å². The minimum atomic E-state index is -0.159. The molecule has 1 atom stereocenters. The highest BCUT2D eigenvalue weighted by molar-refractivity contribution is 6.09. The summed E-state index contributed by atoms with van der Waals surface area (Å²) in [4.78, 5) is 0. The number of benzene rings is 3. The summed E-state index contributed by atoms with van der Waals surface area (Å²) in [6, 6.07) is 23.5. The normalized spacial score (nSPS) is 17.4. The van der Waals surface area contributed by atoms with Gasteiger partial charge < -0.3 is 14.0 Å². The Labute approximate surface area is 159 Å². The molecule has 3 aromatic carbocycles. The molecule has 1 aliphatic heterocycles. The quantitative estimate of drug-likeness (QED) is 0.449. The summed E-state index contributed by atoms with van der Waals surface area (Å²) >= 11 is 0. The van der Waals surface area contributed by atoms with Crippen LogP contribution < -0.4 is 4.74 Å². The van der Waals surface area contributed by atoms with E-state index in [0.717, 1.165) is 37.3 Å². The first-order chi connectivity index (χ1) is 13.3. The molecule has 1 saturated heterocycles. The SMILES string of the molecule is Cc1ccc(OC2CCCCO2)c(-n2c3ccccc3c3ccccc32)c1. The highest BCUT2D eigenvalue weighted by atomic mass is 16.7. The van der Waals surface area contributed by atoms with Crippen LogP contribution >= 0.6 is 0 Å². The van der Waals surface area contributed by atoms with Gasteiger partial charge in [0.05, 0.1) is 23.3 Å². The molecule has 0 N–H and O–H groups in total. The summed E-state index contributed by atoms with van der Waals surface area (Å²) in [5, 5.41) is 2.52. The Morgan fingerprint density at radius 2 is 1.59 bits per heavy atom. The van der Waals surface area contributed by atoms with Gasteiger partial charge in [-0.1, -0.05) is 42.5 Å². The maximum Gasteiger partial charge on any atom is 0.199 e. The average Bonchev–Trinajstić information content (AvgIpc) is 3.05. The van der Waals surface area contributed by atoms with Gasteiger partial charge in [0.15, 0.2) is 6.29 Å². The summed E-state index contributed by atoms with van der Waals surface area (Å²) in [6.07, 6.45) is 3.06. The van der Waals surface area contributed by atoms with Crippen LogP contribution in [0, 0.1) is 6.92 Å². The third kappa shape index (κ3) is 2.88. The maximum absolute atomic E-state index is 6.32. The van der Waals surface area contributed by atoms with Crippen LogP contribution in [0.4, 0.5) is 0 Å². The van der Waals surface area contributed by atoms with Crippen LogP contribution in [0.25, 0.3) is 27.5 Å². The predicted octanol–water partition coefficient (Wildman–Crippen LogP) is 6.00. The molecule has 2 heterocycles. The molecular weight excluding hydrogens is 334 g/mol. The Balaban J connectivity index is 1.73. The van der Waals surface area contributed by atoms with E-state index in [4.69, 9.17) is 9.47 Å². The van der Waals surface area contributed by atoms with E-state index in [9.17, 15) is 0 Å². The number of ether oxygens (including phenoxy) is 2. The second kappa shape index (κ2) is 6.75. The highest BCUT2D eigenvalue weighted by Crippen LogP contribution is 2.36. The van der Waals surface area contributed by atoms with Crippen molar-refractivity contribution in [2.24, 2.45) is 0 Å². The minimum absolute atomic E-state index is 0.159. The lowest BCUT2D eigenvalue weighted by molar-refractivity contribution is -0.105. The van der Waals surface area contributed by atoms with Gasteiger partial charge in [-0.05, 0) is 49.6 Å². The molecule has 0 aliphatic carbocycles. The van der Waals surface area contributed by atoms with Crippen molar-refractivity contribution in [3.8, 4) is 11.4 Å². The maximum atomic E-state index is 6.32. The third-order valence-electron chi connectivity index (χ3n) is 5.33. The van der Waals surface area contributed by atoms with E-state index in [0.29, 0.717) is 0 Å². The number of fused-ring (bicyclic) bond motifs is 3. The molecule has 3 nitrogen and oxygen atoms in total. The first-order valence-corrected chi connectivity index (χ1v) is 9.69. The molecule has 1 unspecified atom stereocenters. The lowest BCUT2D eigenvalue weighted by Crippen LogP contribution is -2.25. The van der Waals surface area contributed by atoms with Gasteiger partial charge in [-0.2, -0.15) is 0 Å². The van der Waals surface area contributed by atoms with Crippen molar-refractivity contribution in [1.29, 1.82) is 0 Å². The van der Waals surface area contributed by atoms with Crippen molar-refractivity contribution in [2.75, 3.05) is 6.61 Å². The van der Waals surface area contributed by atoms with Crippen LogP contribution in [-0.4, -0.2) is 17.5 Å². The van der Waals surface area contributed by atoms with Gasteiger partial charge in [0.25, 0.3) is 0 Å². The van der Waals surface area contributed by atoms with Gasteiger partial charge >= 0.3 is 0 Å². The molecule has 1 aromatic heterocycles. The smallest absolute Gasteiger partial charge is 0.199 e. The van der Waals surface area contributed by atoms with Crippen molar-refractivity contribution in [2.45, 2.75) is 32.5 Å². The zero-order valence-electron chi connectivity index (χ0n) is 15.5. The average molecular weight is 357 g/mol.